The topological polar surface area (TPSA) is 94.4 Å². The Morgan fingerprint density at radius 1 is 1.25 bits per heavy atom. The van der Waals surface area contributed by atoms with Gasteiger partial charge in [-0.1, -0.05) is 12.1 Å². The fraction of sp³-hybridized carbons (Fsp3) is 0.200. The number of hydrogen-bond acceptors (Lipinski definition) is 6. The number of anilines is 1. The van der Waals surface area contributed by atoms with Crippen LogP contribution in [-0.4, -0.2) is 28.2 Å². The van der Waals surface area contributed by atoms with E-state index >= 15 is 0 Å². The highest BCUT2D eigenvalue weighted by Crippen LogP contribution is 2.32. The summed E-state index contributed by atoms with van der Waals surface area (Å²) in [6.45, 7) is 3.68. The molecule has 0 fully saturated rings. The SMILES string of the molecule is COc1cccc2c(NC(=O)[C@H](C)Sc3ccc([N+](=O)[O-])cc3)c(C)cnc12. The van der Waals surface area contributed by atoms with Gasteiger partial charge in [0.1, 0.15) is 11.3 Å². The Kier molecular flexibility index (Phi) is 5.79. The number of fused-ring (bicyclic) bond motifs is 1. The summed E-state index contributed by atoms with van der Waals surface area (Å²) >= 11 is 1.34. The van der Waals surface area contributed by atoms with Crippen molar-refractivity contribution in [3.8, 4) is 5.75 Å². The van der Waals surface area contributed by atoms with E-state index < -0.39 is 10.2 Å². The van der Waals surface area contributed by atoms with Crippen molar-refractivity contribution in [1.29, 1.82) is 0 Å². The number of pyridine rings is 1. The van der Waals surface area contributed by atoms with Crippen LogP contribution in [0.1, 0.15) is 12.5 Å². The Morgan fingerprint density at radius 3 is 2.61 bits per heavy atom. The van der Waals surface area contributed by atoms with Crippen LogP contribution in [0, 0.1) is 17.0 Å². The Hall–Kier alpha value is -3.13. The fourth-order valence-corrected chi connectivity index (χ4v) is 3.62. The molecule has 8 heteroatoms. The van der Waals surface area contributed by atoms with Gasteiger partial charge in [-0.25, -0.2) is 0 Å². The molecule has 2 aromatic carbocycles. The first kappa shape index (κ1) is 19.6. The number of nitro groups is 1. The molecule has 1 N–H and O–H groups in total. The van der Waals surface area contributed by atoms with Gasteiger partial charge in [0, 0.05) is 28.6 Å². The van der Waals surface area contributed by atoms with Crippen molar-refractivity contribution in [1.82, 2.24) is 4.98 Å². The minimum atomic E-state index is -0.448. The van der Waals surface area contributed by atoms with Crippen LogP contribution in [-0.2, 0) is 4.79 Å². The minimum absolute atomic E-state index is 0.0225. The van der Waals surface area contributed by atoms with Crippen molar-refractivity contribution >= 4 is 39.9 Å². The number of amides is 1. The number of nitrogens with zero attached hydrogens (tertiary/aromatic N) is 2. The van der Waals surface area contributed by atoms with E-state index in [0.29, 0.717) is 17.0 Å². The average molecular weight is 397 g/mol. The Morgan fingerprint density at radius 2 is 1.96 bits per heavy atom. The Balaban J connectivity index is 1.80. The molecular formula is C20H19N3O4S. The molecule has 144 valence electrons. The van der Waals surface area contributed by atoms with Gasteiger partial charge in [-0.3, -0.25) is 19.9 Å². The van der Waals surface area contributed by atoms with Crippen molar-refractivity contribution in [2.24, 2.45) is 0 Å². The maximum Gasteiger partial charge on any atom is 0.269 e. The highest BCUT2D eigenvalue weighted by molar-refractivity contribution is 8.00. The number of aryl methyl sites for hydroxylation is 1. The lowest BCUT2D eigenvalue weighted by Crippen LogP contribution is -2.23. The molecule has 0 radical (unpaired) electrons. The maximum absolute atomic E-state index is 12.8. The van der Waals surface area contributed by atoms with Crippen LogP contribution in [0.3, 0.4) is 0 Å². The molecule has 0 aliphatic carbocycles. The lowest BCUT2D eigenvalue weighted by molar-refractivity contribution is -0.384. The molecule has 1 heterocycles. The number of hydrogen-bond donors (Lipinski definition) is 1. The van der Waals surface area contributed by atoms with Crippen LogP contribution in [0.25, 0.3) is 10.9 Å². The van der Waals surface area contributed by atoms with Crippen LogP contribution >= 0.6 is 11.8 Å². The Bertz CT molecular complexity index is 1040. The van der Waals surface area contributed by atoms with Crippen molar-refractivity contribution < 1.29 is 14.5 Å². The average Bonchev–Trinajstić information content (AvgIpc) is 2.69. The zero-order chi connectivity index (χ0) is 20.3. The second-order valence-electron chi connectivity index (χ2n) is 6.17. The zero-order valence-corrected chi connectivity index (χ0v) is 16.4. The third kappa shape index (κ3) is 4.07. The highest BCUT2D eigenvalue weighted by atomic mass is 32.2. The van der Waals surface area contributed by atoms with E-state index in [1.807, 2.05) is 25.1 Å². The predicted octanol–water partition coefficient (Wildman–Crippen LogP) is 4.58. The van der Waals surface area contributed by atoms with Crippen molar-refractivity contribution in [2.45, 2.75) is 24.0 Å². The molecule has 1 atom stereocenters. The van der Waals surface area contributed by atoms with Crippen LogP contribution in [0.4, 0.5) is 11.4 Å². The van der Waals surface area contributed by atoms with Crippen LogP contribution in [0.5, 0.6) is 5.75 Å². The smallest absolute Gasteiger partial charge is 0.269 e. The van der Waals surface area contributed by atoms with Gasteiger partial charge in [0.25, 0.3) is 5.69 Å². The molecule has 0 saturated heterocycles. The van der Waals surface area contributed by atoms with Crippen LogP contribution in [0.2, 0.25) is 0 Å². The standard InChI is InChI=1S/C20H19N3O4S/c1-12-11-21-19-16(5-4-6-17(19)27-3)18(12)22-20(24)13(2)28-15-9-7-14(8-10-15)23(25)26/h4-11,13H,1-3H3,(H,21,22,24)/t13-/m0/s1. The molecule has 0 saturated carbocycles. The number of para-hydroxylation sites is 1. The number of carbonyl (C=O) groups is 1. The molecule has 0 spiro atoms. The minimum Gasteiger partial charge on any atom is -0.494 e. The lowest BCUT2D eigenvalue weighted by Gasteiger charge is -2.16. The summed E-state index contributed by atoms with van der Waals surface area (Å²) in [5.41, 5.74) is 2.25. The summed E-state index contributed by atoms with van der Waals surface area (Å²) in [5.74, 6) is 0.475. The first-order valence-electron chi connectivity index (χ1n) is 8.55. The van der Waals surface area contributed by atoms with Gasteiger partial charge in [-0.05, 0) is 37.6 Å². The largest absolute Gasteiger partial charge is 0.494 e. The van der Waals surface area contributed by atoms with E-state index in [4.69, 9.17) is 4.74 Å². The van der Waals surface area contributed by atoms with Crippen molar-refractivity contribution in [3.05, 3.63) is 64.3 Å². The number of nitro benzene ring substituents is 1. The number of non-ortho nitro benzene ring substituents is 1. The van der Waals surface area contributed by atoms with E-state index in [9.17, 15) is 14.9 Å². The summed E-state index contributed by atoms with van der Waals surface area (Å²) in [7, 11) is 1.58. The molecule has 0 aliphatic rings. The number of benzene rings is 2. The van der Waals surface area contributed by atoms with Gasteiger partial charge in [0.2, 0.25) is 5.91 Å². The molecule has 3 aromatic rings. The molecule has 1 aromatic heterocycles. The third-order valence-electron chi connectivity index (χ3n) is 4.25. The summed E-state index contributed by atoms with van der Waals surface area (Å²) in [6, 6.07) is 11.7. The van der Waals surface area contributed by atoms with E-state index in [-0.39, 0.29) is 11.6 Å². The summed E-state index contributed by atoms with van der Waals surface area (Å²) in [5, 5.41) is 14.2. The number of nitrogens with one attached hydrogen (secondary N) is 1. The summed E-state index contributed by atoms with van der Waals surface area (Å²) in [4.78, 5) is 28.3. The maximum atomic E-state index is 12.8. The van der Waals surface area contributed by atoms with Gasteiger partial charge in [0.05, 0.1) is 23.0 Å². The lowest BCUT2D eigenvalue weighted by atomic mass is 10.1. The van der Waals surface area contributed by atoms with E-state index in [0.717, 1.165) is 15.8 Å². The second kappa shape index (κ2) is 8.26. The highest BCUT2D eigenvalue weighted by Gasteiger charge is 2.18. The third-order valence-corrected chi connectivity index (χ3v) is 5.36. The molecule has 0 aliphatic heterocycles. The quantitative estimate of drug-likeness (QED) is 0.372. The molecular weight excluding hydrogens is 378 g/mol. The van der Waals surface area contributed by atoms with Crippen LogP contribution < -0.4 is 10.1 Å². The number of ether oxygens (including phenoxy) is 1. The second-order valence-corrected chi connectivity index (χ2v) is 7.59. The molecule has 3 rings (SSSR count). The van der Waals surface area contributed by atoms with Crippen molar-refractivity contribution in [2.75, 3.05) is 12.4 Å². The number of rotatable bonds is 6. The molecule has 7 nitrogen and oxygen atoms in total. The van der Waals surface area contributed by atoms with Crippen molar-refractivity contribution in [3.63, 3.8) is 0 Å². The van der Waals surface area contributed by atoms with Gasteiger partial charge in [-0.15, -0.1) is 11.8 Å². The number of methoxy groups -OCH3 is 1. The zero-order valence-electron chi connectivity index (χ0n) is 15.6. The first-order chi connectivity index (χ1) is 13.4. The van der Waals surface area contributed by atoms with Gasteiger partial charge >= 0.3 is 0 Å². The fourth-order valence-electron chi connectivity index (χ4n) is 2.76. The van der Waals surface area contributed by atoms with E-state index in [1.54, 1.807) is 32.4 Å². The molecule has 1 amide bonds. The predicted molar refractivity (Wildman–Crippen MR) is 110 cm³/mol. The number of thioether (sulfide) groups is 1. The number of aromatic nitrogens is 1. The van der Waals surface area contributed by atoms with Gasteiger partial charge in [-0.2, -0.15) is 0 Å². The van der Waals surface area contributed by atoms with Gasteiger partial charge < -0.3 is 10.1 Å². The summed E-state index contributed by atoms with van der Waals surface area (Å²) in [6.07, 6.45) is 1.70. The van der Waals surface area contributed by atoms with Crippen LogP contribution in [0.15, 0.2) is 53.6 Å². The normalized spacial score (nSPS) is 11.8. The molecule has 0 unspecified atom stereocenters. The summed E-state index contributed by atoms with van der Waals surface area (Å²) < 4.78 is 5.35. The molecule has 0 bridgehead atoms. The number of carbonyl (C=O) groups excluding carboxylic acids is 1. The van der Waals surface area contributed by atoms with E-state index in [1.165, 1.54) is 23.9 Å². The van der Waals surface area contributed by atoms with Gasteiger partial charge in [0.15, 0.2) is 0 Å². The Labute approximate surface area is 166 Å². The monoisotopic (exact) mass is 397 g/mol. The first-order valence-corrected chi connectivity index (χ1v) is 9.43. The van der Waals surface area contributed by atoms with E-state index in [2.05, 4.69) is 10.3 Å². The molecule has 28 heavy (non-hydrogen) atoms.